The Balaban J connectivity index is 2.00. The largest absolute Gasteiger partial charge is 0.311 e. The number of amides is 1. The van der Waals surface area contributed by atoms with Crippen LogP contribution >= 0.6 is 12.6 Å². The number of anilines is 1. The SMILES string of the molecule is O=C1CC(S)CN1c1cccc2c1CCCC2. The molecule has 2 nitrogen and oxygen atoms in total. The molecule has 1 aromatic rings. The van der Waals surface area contributed by atoms with Crippen molar-refractivity contribution in [2.24, 2.45) is 0 Å². The molecule has 1 atom stereocenters. The highest BCUT2D eigenvalue weighted by molar-refractivity contribution is 7.81. The summed E-state index contributed by atoms with van der Waals surface area (Å²) in [6, 6.07) is 6.38. The van der Waals surface area contributed by atoms with Gasteiger partial charge in [0.05, 0.1) is 0 Å². The van der Waals surface area contributed by atoms with E-state index in [0.717, 1.165) is 25.1 Å². The number of benzene rings is 1. The van der Waals surface area contributed by atoms with Crippen molar-refractivity contribution >= 4 is 24.2 Å². The summed E-state index contributed by atoms with van der Waals surface area (Å²) in [6.07, 6.45) is 5.38. The van der Waals surface area contributed by atoms with Gasteiger partial charge in [0.25, 0.3) is 0 Å². The molecule has 0 aromatic heterocycles. The second-order valence-corrected chi connectivity index (χ2v) is 5.71. The van der Waals surface area contributed by atoms with E-state index >= 15 is 0 Å². The Labute approximate surface area is 107 Å². The van der Waals surface area contributed by atoms with Crippen LogP contribution in [-0.2, 0) is 17.6 Å². The molecule has 2 aliphatic rings. The zero-order valence-corrected chi connectivity index (χ0v) is 10.7. The fourth-order valence-electron chi connectivity index (χ4n) is 2.94. The molecule has 0 spiro atoms. The highest BCUT2D eigenvalue weighted by Crippen LogP contribution is 2.33. The van der Waals surface area contributed by atoms with Gasteiger partial charge in [-0.25, -0.2) is 0 Å². The molecule has 1 amide bonds. The molecule has 0 saturated carbocycles. The van der Waals surface area contributed by atoms with Gasteiger partial charge in [0.15, 0.2) is 0 Å². The minimum atomic E-state index is 0.196. The highest BCUT2D eigenvalue weighted by atomic mass is 32.1. The van der Waals surface area contributed by atoms with Crippen LogP contribution in [0.25, 0.3) is 0 Å². The maximum Gasteiger partial charge on any atom is 0.228 e. The predicted octanol–water partition coefficient (Wildman–Crippen LogP) is 2.60. The summed E-state index contributed by atoms with van der Waals surface area (Å²) in [4.78, 5) is 13.9. The Bertz CT molecular complexity index is 458. The second kappa shape index (κ2) is 4.37. The maximum absolute atomic E-state index is 11.9. The molecule has 0 N–H and O–H groups in total. The zero-order chi connectivity index (χ0) is 11.8. The van der Waals surface area contributed by atoms with Gasteiger partial charge in [-0.05, 0) is 42.9 Å². The van der Waals surface area contributed by atoms with Crippen molar-refractivity contribution in [2.45, 2.75) is 37.4 Å². The summed E-state index contributed by atoms with van der Waals surface area (Å²) < 4.78 is 0. The summed E-state index contributed by atoms with van der Waals surface area (Å²) in [6.45, 7) is 0.762. The average Bonchev–Trinajstić information content (AvgIpc) is 2.68. The number of carbonyl (C=O) groups excluding carboxylic acids is 1. The molecule has 1 aliphatic carbocycles. The fraction of sp³-hybridized carbons (Fsp3) is 0.500. The summed E-state index contributed by atoms with van der Waals surface area (Å²) in [5.74, 6) is 0.226. The lowest BCUT2D eigenvalue weighted by Crippen LogP contribution is -2.26. The third kappa shape index (κ3) is 1.97. The van der Waals surface area contributed by atoms with Gasteiger partial charge in [-0.2, -0.15) is 12.6 Å². The highest BCUT2D eigenvalue weighted by Gasteiger charge is 2.30. The van der Waals surface area contributed by atoms with Crippen molar-refractivity contribution in [3.05, 3.63) is 29.3 Å². The number of aryl methyl sites for hydroxylation is 1. The van der Waals surface area contributed by atoms with E-state index in [1.165, 1.54) is 24.0 Å². The lowest BCUT2D eigenvalue weighted by Gasteiger charge is -2.25. The molecule has 1 aromatic carbocycles. The normalized spacial score (nSPS) is 23.9. The number of fused-ring (bicyclic) bond motifs is 1. The molecule has 1 unspecified atom stereocenters. The Kier molecular flexibility index (Phi) is 2.87. The van der Waals surface area contributed by atoms with Gasteiger partial charge < -0.3 is 4.90 Å². The van der Waals surface area contributed by atoms with Crippen molar-refractivity contribution in [3.8, 4) is 0 Å². The first kappa shape index (κ1) is 11.1. The minimum Gasteiger partial charge on any atom is -0.311 e. The van der Waals surface area contributed by atoms with Gasteiger partial charge in [0.1, 0.15) is 0 Å². The van der Waals surface area contributed by atoms with Gasteiger partial charge in [-0.1, -0.05) is 12.1 Å². The molecular formula is C14H17NOS. The summed E-state index contributed by atoms with van der Waals surface area (Å²) in [5.41, 5.74) is 3.97. The Morgan fingerprint density at radius 1 is 1.24 bits per heavy atom. The first-order chi connectivity index (χ1) is 8.25. The van der Waals surface area contributed by atoms with Crippen LogP contribution in [0.3, 0.4) is 0 Å². The van der Waals surface area contributed by atoms with Gasteiger partial charge >= 0.3 is 0 Å². The monoisotopic (exact) mass is 247 g/mol. The van der Waals surface area contributed by atoms with E-state index in [0.29, 0.717) is 6.42 Å². The van der Waals surface area contributed by atoms with Crippen LogP contribution in [0.15, 0.2) is 18.2 Å². The molecule has 3 heteroatoms. The lowest BCUT2D eigenvalue weighted by atomic mass is 9.90. The van der Waals surface area contributed by atoms with Gasteiger partial charge in [-0.3, -0.25) is 4.79 Å². The Morgan fingerprint density at radius 3 is 2.82 bits per heavy atom. The number of rotatable bonds is 1. The maximum atomic E-state index is 11.9. The molecule has 17 heavy (non-hydrogen) atoms. The van der Waals surface area contributed by atoms with E-state index in [4.69, 9.17) is 0 Å². The Hall–Kier alpha value is -0.960. The van der Waals surface area contributed by atoms with Crippen molar-refractivity contribution in [3.63, 3.8) is 0 Å². The van der Waals surface area contributed by atoms with E-state index in [9.17, 15) is 4.79 Å². The topological polar surface area (TPSA) is 20.3 Å². The zero-order valence-electron chi connectivity index (χ0n) is 9.85. The van der Waals surface area contributed by atoms with Crippen LogP contribution in [0.1, 0.15) is 30.4 Å². The number of carbonyl (C=O) groups is 1. The van der Waals surface area contributed by atoms with E-state index in [1.54, 1.807) is 0 Å². The second-order valence-electron chi connectivity index (χ2n) is 4.98. The van der Waals surface area contributed by atoms with Crippen LogP contribution in [0.5, 0.6) is 0 Å². The standard InChI is InChI=1S/C14H17NOS/c16-14-8-11(17)9-15(14)13-7-3-5-10-4-1-2-6-12(10)13/h3,5,7,11,17H,1-2,4,6,8-9H2. The fourth-order valence-corrected chi connectivity index (χ4v) is 3.26. The minimum absolute atomic E-state index is 0.196. The number of hydrogen-bond donors (Lipinski definition) is 1. The lowest BCUT2D eigenvalue weighted by molar-refractivity contribution is -0.117. The average molecular weight is 247 g/mol. The molecule has 0 radical (unpaired) electrons. The van der Waals surface area contributed by atoms with Crippen LogP contribution < -0.4 is 4.90 Å². The molecular weight excluding hydrogens is 230 g/mol. The van der Waals surface area contributed by atoms with E-state index in [-0.39, 0.29) is 11.2 Å². The smallest absolute Gasteiger partial charge is 0.228 e. The van der Waals surface area contributed by atoms with Crippen LogP contribution in [-0.4, -0.2) is 17.7 Å². The first-order valence-electron chi connectivity index (χ1n) is 6.35. The third-order valence-corrected chi connectivity index (χ3v) is 4.11. The number of thiol groups is 1. The molecule has 0 bridgehead atoms. The molecule has 1 heterocycles. The quantitative estimate of drug-likeness (QED) is 0.756. The van der Waals surface area contributed by atoms with E-state index in [2.05, 4.69) is 30.8 Å². The number of hydrogen-bond acceptors (Lipinski definition) is 2. The van der Waals surface area contributed by atoms with E-state index in [1.807, 2.05) is 4.90 Å². The van der Waals surface area contributed by atoms with Crippen molar-refractivity contribution in [2.75, 3.05) is 11.4 Å². The van der Waals surface area contributed by atoms with Gasteiger partial charge in [-0.15, -0.1) is 0 Å². The van der Waals surface area contributed by atoms with Crippen LogP contribution in [0.2, 0.25) is 0 Å². The summed E-state index contributed by atoms with van der Waals surface area (Å²) in [7, 11) is 0. The van der Waals surface area contributed by atoms with E-state index < -0.39 is 0 Å². The molecule has 1 saturated heterocycles. The van der Waals surface area contributed by atoms with Crippen LogP contribution in [0, 0.1) is 0 Å². The molecule has 90 valence electrons. The van der Waals surface area contributed by atoms with Gasteiger partial charge in [0.2, 0.25) is 5.91 Å². The molecule has 1 aliphatic heterocycles. The van der Waals surface area contributed by atoms with Crippen molar-refractivity contribution in [1.82, 2.24) is 0 Å². The molecule has 3 rings (SSSR count). The van der Waals surface area contributed by atoms with Crippen molar-refractivity contribution in [1.29, 1.82) is 0 Å². The molecule has 1 fully saturated rings. The Morgan fingerprint density at radius 2 is 2.06 bits per heavy atom. The van der Waals surface area contributed by atoms with Crippen molar-refractivity contribution < 1.29 is 4.79 Å². The number of nitrogens with zero attached hydrogens (tertiary/aromatic N) is 1. The van der Waals surface area contributed by atoms with Crippen LogP contribution in [0.4, 0.5) is 5.69 Å². The summed E-state index contributed by atoms with van der Waals surface area (Å²) in [5, 5.41) is 0.196. The van der Waals surface area contributed by atoms with Gasteiger partial charge in [0, 0.05) is 23.9 Å². The predicted molar refractivity (Wildman–Crippen MR) is 72.8 cm³/mol. The third-order valence-electron chi connectivity index (χ3n) is 3.77. The first-order valence-corrected chi connectivity index (χ1v) is 6.86. The summed E-state index contributed by atoms with van der Waals surface area (Å²) >= 11 is 4.43.